The molecule has 8 heteroatoms. The number of rotatable bonds is 2. The van der Waals surface area contributed by atoms with Crippen molar-refractivity contribution in [3.05, 3.63) is 53.6 Å². The highest BCUT2D eigenvalue weighted by Gasteiger charge is 2.33. The number of nitrogens with zero attached hydrogens (tertiary/aromatic N) is 2. The summed E-state index contributed by atoms with van der Waals surface area (Å²) in [6, 6.07) is 13.3. The summed E-state index contributed by atoms with van der Waals surface area (Å²) in [5, 5.41) is 24.3. The number of amides is 1. The Labute approximate surface area is 147 Å². The second-order valence-corrected chi connectivity index (χ2v) is 5.69. The van der Waals surface area contributed by atoms with Crippen molar-refractivity contribution in [3.8, 4) is 22.9 Å². The highest BCUT2D eigenvalue weighted by molar-refractivity contribution is 6.11. The van der Waals surface area contributed by atoms with Crippen molar-refractivity contribution in [2.24, 2.45) is 4.99 Å². The van der Waals surface area contributed by atoms with Crippen molar-refractivity contribution in [2.75, 3.05) is 13.1 Å². The van der Waals surface area contributed by atoms with Gasteiger partial charge in [0.05, 0.1) is 23.7 Å². The van der Waals surface area contributed by atoms with Crippen molar-refractivity contribution in [2.45, 2.75) is 5.92 Å². The number of nitriles is 1. The summed E-state index contributed by atoms with van der Waals surface area (Å²) in [5.74, 6) is -4.18. The normalized spacial score (nSPS) is 15.3. The smallest absolute Gasteiger partial charge is 0.284 e. The van der Waals surface area contributed by atoms with E-state index < -0.39 is 24.9 Å². The lowest BCUT2D eigenvalue weighted by Crippen LogP contribution is -2.50. The molecular formula is C18H14F2N4O2. The number of phenols is 1. The van der Waals surface area contributed by atoms with Gasteiger partial charge in [0.25, 0.3) is 11.8 Å². The molecule has 0 saturated carbocycles. The van der Waals surface area contributed by atoms with Crippen LogP contribution in [0.2, 0.25) is 0 Å². The largest absolute Gasteiger partial charge is 0.507 e. The Morgan fingerprint density at radius 2 is 2.00 bits per heavy atom. The number of carbonyl (C=O) groups excluding carboxylic acids is 1. The number of phenolic OH excluding ortho intramolecular Hbond substituents is 1. The minimum atomic E-state index is -2.98. The number of halogens is 2. The molecule has 0 aliphatic carbocycles. The number of benzene rings is 2. The monoisotopic (exact) mass is 356 g/mol. The zero-order chi connectivity index (χ0) is 18.7. The molecular weight excluding hydrogens is 342 g/mol. The third kappa shape index (κ3) is 3.47. The van der Waals surface area contributed by atoms with E-state index in [1.165, 1.54) is 12.1 Å². The quantitative estimate of drug-likeness (QED) is 0.769. The van der Waals surface area contributed by atoms with Crippen molar-refractivity contribution in [3.63, 3.8) is 0 Å². The van der Waals surface area contributed by atoms with Gasteiger partial charge in [0.2, 0.25) is 0 Å². The van der Waals surface area contributed by atoms with Gasteiger partial charge in [-0.3, -0.25) is 10.1 Å². The number of hydrogen-bond donors (Lipinski definition) is 3. The summed E-state index contributed by atoms with van der Waals surface area (Å²) in [5.41, 5.74) is 0.892. The fourth-order valence-corrected chi connectivity index (χ4v) is 2.59. The Balaban J connectivity index is 2.01. The number of aliphatic imine (C=N–C) groups is 1. The van der Waals surface area contributed by atoms with Gasteiger partial charge in [0, 0.05) is 5.56 Å². The minimum Gasteiger partial charge on any atom is -0.507 e. The zero-order valence-electron chi connectivity index (χ0n) is 13.5. The van der Waals surface area contributed by atoms with Crippen LogP contribution in [0, 0.1) is 11.3 Å². The van der Waals surface area contributed by atoms with Crippen LogP contribution in [-0.4, -0.2) is 36.0 Å². The molecule has 0 spiro atoms. The molecule has 1 aliphatic heterocycles. The summed E-state index contributed by atoms with van der Waals surface area (Å²) in [6.07, 6.45) is 0. The summed E-state index contributed by atoms with van der Waals surface area (Å²) in [4.78, 5) is 16.3. The third-order valence-corrected chi connectivity index (χ3v) is 3.81. The van der Waals surface area contributed by atoms with Gasteiger partial charge in [0.15, 0.2) is 5.96 Å². The van der Waals surface area contributed by atoms with Crippen molar-refractivity contribution >= 4 is 11.9 Å². The van der Waals surface area contributed by atoms with E-state index in [0.29, 0.717) is 5.56 Å². The Morgan fingerprint density at radius 1 is 1.27 bits per heavy atom. The summed E-state index contributed by atoms with van der Waals surface area (Å²) < 4.78 is 26.3. The number of nitrogens with one attached hydrogen (secondary N) is 2. The van der Waals surface area contributed by atoms with Gasteiger partial charge in [-0.2, -0.15) is 5.26 Å². The van der Waals surface area contributed by atoms with Crippen molar-refractivity contribution in [1.29, 1.82) is 5.26 Å². The molecule has 0 fully saturated rings. The molecule has 2 aromatic rings. The number of guanidine groups is 1. The molecule has 0 saturated heterocycles. The van der Waals surface area contributed by atoms with Gasteiger partial charge in [-0.15, -0.1) is 0 Å². The maximum atomic E-state index is 13.1. The predicted molar refractivity (Wildman–Crippen MR) is 91.0 cm³/mol. The molecule has 0 atom stereocenters. The van der Waals surface area contributed by atoms with E-state index in [-0.39, 0.29) is 28.4 Å². The topological polar surface area (TPSA) is 97.5 Å². The van der Waals surface area contributed by atoms with Crippen LogP contribution in [-0.2, 0) is 0 Å². The van der Waals surface area contributed by atoms with Crippen molar-refractivity contribution < 1.29 is 18.7 Å². The fourth-order valence-electron chi connectivity index (χ4n) is 2.59. The second kappa shape index (κ2) is 6.80. The highest BCUT2D eigenvalue weighted by Crippen LogP contribution is 2.33. The van der Waals surface area contributed by atoms with E-state index in [9.17, 15) is 23.9 Å². The molecule has 132 valence electrons. The standard InChI is InChI=1S/C18H14F2N4O2/c19-18(20)9-22-17(23-10-18)24-16(26)15-13(25)7-6-12(8-21)14(15)11-4-2-1-3-5-11/h1-7,25H,9-10H2,(H2,22,23,24,26). The van der Waals surface area contributed by atoms with E-state index in [1.54, 1.807) is 30.3 Å². The summed E-state index contributed by atoms with van der Waals surface area (Å²) in [7, 11) is 0. The highest BCUT2D eigenvalue weighted by atomic mass is 19.3. The lowest BCUT2D eigenvalue weighted by Gasteiger charge is -2.23. The van der Waals surface area contributed by atoms with Crippen molar-refractivity contribution in [1.82, 2.24) is 10.6 Å². The molecule has 0 unspecified atom stereocenters. The molecule has 2 aromatic carbocycles. The van der Waals surface area contributed by atoms with Gasteiger partial charge in [0.1, 0.15) is 12.3 Å². The molecule has 0 radical (unpaired) electrons. The van der Waals surface area contributed by atoms with Gasteiger partial charge >= 0.3 is 0 Å². The first-order valence-electron chi connectivity index (χ1n) is 7.70. The average molecular weight is 356 g/mol. The van der Waals surface area contributed by atoms with Crippen LogP contribution in [0.1, 0.15) is 15.9 Å². The van der Waals surface area contributed by atoms with E-state index in [0.717, 1.165) is 0 Å². The van der Waals surface area contributed by atoms with Crippen LogP contribution in [0.4, 0.5) is 8.78 Å². The molecule has 0 aromatic heterocycles. The lowest BCUT2D eigenvalue weighted by atomic mass is 9.93. The van der Waals surface area contributed by atoms with Gasteiger partial charge in [-0.05, 0) is 17.7 Å². The molecule has 6 nitrogen and oxygen atoms in total. The summed E-state index contributed by atoms with van der Waals surface area (Å²) >= 11 is 0. The van der Waals surface area contributed by atoms with Crippen LogP contribution >= 0.6 is 0 Å². The maximum absolute atomic E-state index is 13.1. The molecule has 3 rings (SSSR count). The number of aromatic hydroxyl groups is 1. The van der Waals surface area contributed by atoms with Gasteiger partial charge < -0.3 is 10.4 Å². The number of carbonyl (C=O) groups is 1. The van der Waals surface area contributed by atoms with E-state index in [1.807, 2.05) is 6.07 Å². The van der Waals surface area contributed by atoms with Crippen LogP contribution in [0.3, 0.4) is 0 Å². The molecule has 1 amide bonds. The Kier molecular flexibility index (Phi) is 4.54. The van der Waals surface area contributed by atoms with E-state index >= 15 is 0 Å². The third-order valence-electron chi connectivity index (χ3n) is 3.81. The van der Waals surface area contributed by atoms with Crippen LogP contribution in [0.15, 0.2) is 47.5 Å². The predicted octanol–water partition coefficient (Wildman–Crippen LogP) is 2.26. The summed E-state index contributed by atoms with van der Waals surface area (Å²) in [6.45, 7) is -1.40. The van der Waals surface area contributed by atoms with E-state index in [4.69, 9.17) is 0 Å². The number of hydrogen-bond acceptors (Lipinski definition) is 5. The van der Waals surface area contributed by atoms with E-state index in [2.05, 4.69) is 15.6 Å². The molecule has 26 heavy (non-hydrogen) atoms. The molecule has 1 aliphatic rings. The molecule has 3 N–H and O–H groups in total. The Hall–Kier alpha value is -3.47. The van der Waals surface area contributed by atoms with Gasteiger partial charge in [-0.1, -0.05) is 30.3 Å². The van der Waals surface area contributed by atoms with Crippen LogP contribution in [0.5, 0.6) is 5.75 Å². The maximum Gasteiger partial charge on any atom is 0.284 e. The number of alkyl halides is 2. The zero-order valence-corrected chi connectivity index (χ0v) is 13.5. The second-order valence-electron chi connectivity index (χ2n) is 5.69. The first-order valence-corrected chi connectivity index (χ1v) is 7.70. The van der Waals surface area contributed by atoms with Crippen LogP contribution in [0.25, 0.3) is 11.1 Å². The van der Waals surface area contributed by atoms with Gasteiger partial charge in [-0.25, -0.2) is 13.8 Å². The average Bonchev–Trinajstić information content (AvgIpc) is 2.63. The first kappa shape index (κ1) is 17.4. The fraction of sp³-hybridized carbons (Fsp3) is 0.167. The molecule has 1 heterocycles. The van der Waals surface area contributed by atoms with Crippen LogP contribution < -0.4 is 10.6 Å². The minimum absolute atomic E-state index is 0.110. The lowest BCUT2D eigenvalue weighted by molar-refractivity contribution is 0.0120. The SMILES string of the molecule is N#Cc1ccc(O)c(C(=O)NC2=NCC(F)(F)CN2)c1-c1ccccc1. The molecule has 0 bridgehead atoms. The first-order chi connectivity index (χ1) is 12.4. The Bertz CT molecular complexity index is 921. The Morgan fingerprint density at radius 3 is 2.62 bits per heavy atom.